The van der Waals surface area contributed by atoms with Crippen LogP contribution >= 0.6 is 11.3 Å². The van der Waals surface area contributed by atoms with Gasteiger partial charge in [-0.2, -0.15) is 0 Å². The van der Waals surface area contributed by atoms with Gasteiger partial charge in [-0.15, -0.1) is 11.3 Å². The average Bonchev–Trinajstić information content (AvgIpc) is 2.91. The van der Waals surface area contributed by atoms with Crippen LogP contribution in [0.4, 0.5) is 5.69 Å². The summed E-state index contributed by atoms with van der Waals surface area (Å²) in [7, 11) is 1.67. The standard InChI is InChI=1S/C16H20N2O2S/c1-11(13-5-4-6-14(9-13)20-3)17-10-16-15(7-8-21-16)18-12(2)19/h4-9,11,17H,10H2,1-3H3,(H,18,19)/t11-/m0/s1. The van der Waals surface area contributed by atoms with E-state index in [1.807, 2.05) is 29.6 Å². The number of anilines is 1. The molecule has 0 aliphatic heterocycles. The summed E-state index contributed by atoms with van der Waals surface area (Å²) in [4.78, 5) is 12.3. The minimum atomic E-state index is -0.0458. The summed E-state index contributed by atoms with van der Waals surface area (Å²) < 4.78 is 5.25. The van der Waals surface area contributed by atoms with E-state index in [4.69, 9.17) is 4.74 Å². The third kappa shape index (κ3) is 4.31. The van der Waals surface area contributed by atoms with Gasteiger partial charge >= 0.3 is 0 Å². The summed E-state index contributed by atoms with van der Waals surface area (Å²) in [6.45, 7) is 4.35. The van der Waals surface area contributed by atoms with Crippen molar-refractivity contribution in [3.63, 3.8) is 0 Å². The van der Waals surface area contributed by atoms with Gasteiger partial charge in [0.1, 0.15) is 5.75 Å². The Morgan fingerprint density at radius 1 is 1.38 bits per heavy atom. The molecule has 0 radical (unpaired) electrons. The number of benzene rings is 1. The summed E-state index contributed by atoms with van der Waals surface area (Å²) in [5.74, 6) is 0.812. The van der Waals surface area contributed by atoms with Crippen molar-refractivity contribution in [3.8, 4) is 5.75 Å². The van der Waals surface area contributed by atoms with E-state index in [0.717, 1.165) is 16.3 Å². The van der Waals surface area contributed by atoms with Crippen molar-refractivity contribution in [2.45, 2.75) is 26.4 Å². The molecule has 5 heteroatoms. The summed E-state index contributed by atoms with van der Waals surface area (Å²) in [5.41, 5.74) is 2.06. The molecule has 4 nitrogen and oxygen atoms in total. The molecule has 0 fully saturated rings. The Kier molecular flexibility index (Phi) is 5.36. The monoisotopic (exact) mass is 304 g/mol. The molecule has 0 bridgehead atoms. The van der Waals surface area contributed by atoms with Crippen molar-refractivity contribution in [2.24, 2.45) is 0 Å². The van der Waals surface area contributed by atoms with E-state index < -0.39 is 0 Å². The predicted molar refractivity (Wildman–Crippen MR) is 86.9 cm³/mol. The number of carbonyl (C=O) groups excluding carboxylic acids is 1. The first-order valence-corrected chi connectivity index (χ1v) is 7.69. The largest absolute Gasteiger partial charge is 0.497 e. The SMILES string of the molecule is COc1cccc([C@H](C)NCc2sccc2NC(C)=O)c1. The molecule has 1 atom stereocenters. The highest BCUT2D eigenvalue weighted by Gasteiger charge is 2.09. The van der Waals surface area contributed by atoms with E-state index in [9.17, 15) is 4.79 Å². The third-order valence-corrected chi connectivity index (χ3v) is 4.14. The van der Waals surface area contributed by atoms with Gasteiger partial charge < -0.3 is 15.4 Å². The fourth-order valence-corrected chi connectivity index (χ4v) is 2.83. The molecule has 1 aromatic carbocycles. The zero-order valence-corrected chi connectivity index (χ0v) is 13.3. The van der Waals surface area contributed by atoms with Gasteiger partial charge in [0, 0.05) is 24.4 Å². The Morgan fingerprint density at radius 2 is 2.19 bits per heavy atom. The smallest absolute Gasteiger partial charge is 0.221 e. The van der Waals surface area contributed by atoms with E-state index >= 15 is 0 Å². The second kappa shape index (κ2) is 7.24. The number of hydrogen-bond donors (Lipinski definition) is 2. The topological polar surface area (TPSA) is 50.4 Å². The van der Waals surface area contributed by atoms with E-state index in [-0.39, 0.29) is 11.9 Å². The fraction of sp³-hybridized carbons (Fsp3) is 0.312. The third-order valence-electron chi connectivity index (χ3n) is 3.22. The average molecular weight is 304 g/mol. The van der Waals surface area contributed by atoms with Crippen molar-refractivity contribution >= 4 is 22.9 Å². The molecule has 2 aromatic rings. The molecule has 21 heavy (non-hydrogen) atoms. The molecule has 0 saturated heterocycles. The molecule has 1 amide bonds. The highest BCUT2D eigenvalue weighted by atomic mass is 32.1. The number of methoxy groups -OCH3 is 1. The predicted octanol–water partition coefficient (Wildman–Crippen LogP) is 3.57. The van der Waals surface area contributed by atoms with Crippen molar-refractivity contribution in [2.75, 3.05) is 12.4 Å². The molecular formula is C16H20N2O2S. The molecule has 0 unspecified atom stereocenters. The van der Waals surface area contributed by atoms with Crippen molar-refractivity contribution in [3.05, 3.63) is 46.2 Å². The zero-order chi connectivity index (χ0) is 15.2. The molecule has 0 aliphatic rings. The van der Waals surface area contributed by atoms with Crippen LogP contribution in [0.15, 0.2) is 35.7 Å². The molecule has 2 N–H and O–H groups in total. The lowest BCUT2D eigenvalue weighted by Crippen LogP contribution is -2.18. The van der Waals surface area contributed by atoms with Gasteiger partial charge in [0.05, 0.1) is 12.8 Å². The summed E-state index contributed by atoms with van der Waals surface area (Å²) in [6, 6.07) is 10.2. The second-order valence-electron chi connectivity index (χ2n) is 4.82. The van der Waals surface area contributed by atoms with Crippen LogP contribution in [-0.4, -0.2) is 13.0 Å². The first kappa shape index (κ1) is 15.5. The maximum absolute atomic E-state index is 11.2. The number of amides is 1. The molecule has 1 aromatic heterocycles. The number of nitrogens with one attached hydrogen (secondary N) is 2. The lowest BCUT2D eigenvalue weighted by molar-refractivity contribution is -0.114. The minimum absolute atomic E-state index is 0.0458. The van der Waals surface area contributed by atoms with Gasteiger partial charge in [0.2, 0.25) is 5.91 Å². The van der Waals surface area contributed by atoms with Gasteiger partial charge in [0.15, 0.2) is 0 Å². The van der Waals surface area contributed by atoms with E-state index in [0.29, 0.717) is 6.54 Å². The summed E-state index contributed by atoms with van der Waals surface area (Å²) >= 11 is 1.63. The molecule has 0 spiro atoms. The maximum Gasteiger partial charge on any atom is 0.221 e. The number of ether oxygens (including phenoxy) is 1. The fourth-order valence-electron chi connectivity index (χ4n) is 2.05. The van der Waals surface area contributed by atoms with Gasteiger partial charge in [-0.05, 0) is 36.1 Å². The second-order valence-corrected chi connectivity index (χ2v) is 5.82. The van der Waals surface area contributed by atoms with Crippen LogP contribution in [0, 0.1) is 0 Å². The normalized spacial score (nSPS) is 12.0. The van der Waals surface area contributed by atoms with Gasteiger partial charge in [-0.3, -0.25) is 4.79 Å². The Hall–Kier alpha value is -1.85. The van der Waals surface area contributed by atoms with Crippen molar-refractivity contribution in [1.82, 2.24) is 5.32 Å². The molecule has 2 rings (SSSR count). The van der Waals surface area contributed by atoms with Gasteiger partial charge in [0.25, 0.3) is 0 Å². The lowest BCUT2D eigenvalue weighted by atomic mass is 10.1. The Labute approximate surface area is 129 Å². The first-order chi connectivity index (χ1) is 10.1. The molecule has 1 heterocycles. The molecular weight excluding hydrogens is 284 g/mol. The van der Waals surface area contributed by atoms with Crippen LogP contribution in [0.2, 0.25) is 0 Å². The Balaban J connectivity index is 1.99. The molecule has 0 aliphatic carbocycles. The number of hydrogen-bond acceptors (Lipinski definition) is 4. The van der Waals surface area contributed by atoms with Crippen molar-refractivity contribution < 1.29 is 9.53 Å². The van der Waals surface area contributed by atoms with Crippen molar-refractivity contribution in [1.29, 1.82) is 0 Å². The molecule has 112 valence electrons. The van der Waals surface area contributed by atoms with Gasteiger partial charge in [-0.1, -0.05) is 12.1 Å². The highest BCUT2D eigenvalue weighted by Crippen LogP contribution is 2.24. The summed E-state index contributed by atoms with van der Waals surface area (Å²) in [6.07, 6.45) is 0. The highest BCUT2D eigenvalue weighted by molar-refractivity contribution is 7.10. The maximum atomic E-state index is 11.2. The lowest BCUT2D eigenvalue weighted by Gasteiger charge is -2.15. The molecule has 0 saturated carbocycles. The van der Waals surface area contributed by atoms with E-state index in [2.05, 4.69) is 23.6 Å². The van der Waals surface area contributed by atoms with Crippen LogP contribution in [0.5, 0.6) is 5.75 Å². The number of rotatable bonds is 6. The Bertz CT molecular complexity index is 610. The number of thiophene rings is 1. The van der Waals surface area contributed by atoms with Crippen LogP contribution in [0.3, 0.4) is 0 Å². The Morgan fingerprint density at radius 3 is 2.90 bits per heavy atom. The number of carbonyl (C=O) groups is 1. The van der Waals surface area contributed by atoms with Gasteiger partial charge in [-0.25, -0.2) is 0 Å². The minimum Gasteiger partial charge on any atom is -0.497 e. The van der Waals surface area contributed by atoms with E-state index in [1.165, 1.54) is 12.5 Å². The van der Waals surface area contributed by atoms with Crippen LogP contribution < -0.4 is 15.4 Å². The van der Waals surface area contributed by atoms with Crippen LogP contribution in [0.1, 0.15) is 30.3 Å². The van der Waals surface area contributed by atoms with Crippen LogP contribution in [-0.2, 0) is 11.3 Å². The zero-order valence-electron chi connectivity index (χ0n) is 12.5. The van der Waals surface area contributed by atoms with Crippen LogP contribution in [0.25, 0.3) is 0 Å². The first-order valence-electron chi connectivity index (χ1n) is 6.81. The van der Waals surface area contributed by atoms with E-state index in [1.54, 1.807) is 18.4 Å². The summed E-state index contributed by atoms with van der Waals surface area (Å²) in [5, 5.41) is 8.30. The quantitative estimate of drug-likeness (QED) is 0.858.